The molecule has 46 heavy (non-hydrogen) atoms. The highest BCUT2D eigenvalue weighted by Gasteiger charge is 2.44. The van der Waals surface area contributed by atoms with Gasteiger partial charge in [0.1, 0.15) is 18.2 Å². The van der Waals surface area contributed by atoms with E-state index in [9.17, 15) is 29.4 Å². The zero-order valence-corrected chi connectivity index (χ0v) is 27.2. The Morgan fingerprint density at radius 1 is 1.07 bits per heavy atom. The van der Waals surface area contributed by atoms with E-state index in [2.05, 4.69) is 16.1 Å². The lowest BCUT2D eigenvalue weighted by Gasteiger charge is -2.39. The highest BCUT2D eigenvalue weighted by molar-refractivity contribution is 5.90. The van der Waals surface area contributed by atoms with Crippen LogP contribution < -0.4 is 16.1 Å². The van der Waals surface area contributed by atoms with Gasteiger partial charge in [-0.2, -0.15) is 0 Å². The van der Waals surface area contributed by atoms with Gasteiger partial charge in [-0.05, 0) is 70.2 Å². The molecule has 250 valence electrons. The number of aliphatic hydroxyl groups is 1. The van der Waals surface area contributed by atoms with Crippen LogP contribution in [0.25, 0.3) is 17.0 Å². The molecule has 13 nitrogen and oxygen atoms in total. The Hall–Kier alpha value is -3.91. The number of benzene rings is 1. The van der Waals surface area contributed by atoms with E-state index in [1.54, 1.807) is 19.9 Å². The predicted octanol–water partition coefficient (Wildman–Crippen LogP) is 2.09. The molecule has 2 aliphatic heterocycles. The molecule has 0 radical (unpaired) electrons. The number of carbonyl (C=O) groups excluding carboxylic acids is 3. The maximum absolute atomic E-state index is 13.2. The van der Waals surface area contributed by atoms with Crippen LogP contribution in [0.1, 0.15) is 71.7 Å². The van der Waals surface area contributed by atoms with Crippen molar-refractivity contribution in [2.24, 2.45) is 5.92 Å². The molecule has 0 bridgehead atoms. The van der Waals surface area contributed by atoms with Gasteiger partial charge in [-0.25, -0.2) is 10.2 Å². The van der Waals surface area contributed by atoms with E-state index in [1.165, 1.54) is 18.0 Å². The van der Waals surface area contributed by atoms with E-state index in [1.807, 2.05) is 51.1 Å². The van der Waals surface area contributed by atoms with Crippen LogP contribution in [0.4, 0.5) is 0 Å². The van der Waals surface area contributed by atoms with Crippen molar-refractivity contribution in [2.75, 3.05) is 19.8 Å². The third-order valence-corrected chi connectivity index (χ3v) is 8.20. The molecule has 3 amide bonds. The summed E-state index contributed by atoms with van der Waals surface area (Å²) in [6.07, 6.45) is 3.05. The number of hydrogen-bond acceptors (Lipinski definition) is 9. The van der Waals surface area contributed by atoms with Crippen molar-refractivity contribution in [2.45, 2.75) is 89.8 Å². The Balaban J connectivity index is 1.39. The maximum Gasteiger partial charge on any atom is 0.342 e. The Labute approximate surface area is 268 Å². The number of ether oxygens (including phenoxy) is 2. The number of nitrogens with one attached hydrogen (secondary N) is 3. The quantitative estimate of drug-likeness (QED) is 0.258. The zero-order valence-electron chi connectivity index (χ0n) is 27.2. The molecular weight excluding hydrogens is 594 g/mol. The van der Waals surface area contributed by atoms with Crippen molar-refractivity contribution in [1.29, 1.82) is 0 Å². The van der Waals surface area contributed by atoms with E-state index < -0.39 is 53.2 Å². The molecule has 2 aromatic rings. The molecule has 5 N–H and O–H groups in total. The number of nitrogens with zero attached hydrogens (tertiary/aromatic N) is 2. The topological polar surface area (TPSA) is 179 Å². The van der Waals surface area contributed by atoms with Crippen LogP contribution in [0.3, 0.4) is 0 Å². The lowest BCUT2D eigenvalue weighted by Crippen LogP contribution is -2.61. The van der Waals surface area contributed by atoms with Gasteiger partial charge in [0.2, 0.25) is 17.4 Å². The van der Waals surface area contributed by atoms with E-state index in [-0.39, 0.29) is 25.0 Å². The summed E-state index contributed by atoms with van der Waals surface area (Å²) < 4.78 is 11.5. The number of carboxylic acids is 1. The van der Waals surface area contributed by atoms with Gasteiger partial charge in [0.15, 0.2) is 0 Å². The van der Waals surface area contributed by atoms with Crippen LogP contribution in [0.2, 0.25) is 0 Å². The Bertz CT molecular complexity index is 1480. The average Bonchev–Trinajstić information content (AvgIpc) is 3.03. The third kappa shape index (κ3) is 8.27. The van der Waals surface area contributed by atoms with Crippen LogP contribution in [0, 0.1) is 5.92 Å². The van der Waals surface area contributed by atoms with Gasteiger partial charge in [0, 0.05) is 11.9 Å². The number of aromatic nitrogens is 1. The fourth-order valence-corrected chi connectivity index (χ4v) is 5.12. The van der Waals surface area contributed by atoms with Crippen LogP contribution in [0.15, 0.2) is 36.4 Å². The number of rotatable bonds is 10. The van der Waals surface area contributed by atoms with Crippen molar-refractivity contribution in [3.63, 3.8) is 0 Å². The van der Waals surface area contributed by atoms with Gasteiger partial charge in [-0.1, -0.05) is 38.1 Å². The summed E-state index contributed by atoms with van der Waals surface area (Å²) in [5.74, 6) is -2.75. The highest BCUT2D eigenvalue weighted by Crippen LogP contribution is 2.28. The van der Waals surface area contributed by atoms with Gasteiger partial charge in [-0.15, -0.1) is 0 Å². The summed E-state index contributed by atoms with van der Waals surface area (Å²) in [5.41, 5.74) is 2.84. The minimum atomic E-state index is -1.59. The number of aliphatic carboxylic acids is 1. The van der Waals surface area contributed by atoms with Gasteiger partial charge < -0.3 is 30.3 Å². The summed E-state index contributed by atoms with van der Waals surface area (Å²) in [6, 6.07) is 7.30. The van der Waals surface area contributed by atoms with Crippen LogP contribution in [-0.4, -0.2) is 93.0 Å². The SMILES string of the molecule is CC(NC(=O)C(O)C(C)C)C(=O)N1CCC[C@@H](C(=O)NC(C)c2ccc3ccc(/C=C/C4(C(=O)O)COC(C)(C)CO4)cc3n2)N1. The highest BCUT2D eigenvalue weighted by atomic mass is 16.6. The number of amides is 3. The van der Waals surface area contributed by atoms with Crippen molar-refractivity contribution in [1.82, 2.24) is 26.1 Å². The summed E-state index contributed by atoms with van der Waals surface area (Å²) in [4.78, 5) is 55.2. The molecule has 1 aromatic heterocycles. The van der Waals surface area contributed by atoms with Crippen molar-refractivity contribution < 1.29 is 38.9 Å². The minimum absolute atomic E-state index is 0.112. The molecule has 0 saturated carbocycles. The Morgan fingerprint density at radius 2 is 1.78 bits per heavy atom. The second kappa shape index (κ2) is 14.2. The molecule has 3 heterocycles. The first-order valence-electron chi connectivity index (χ1n) is 15.6. The minimum Gasteiger partial charge on any atom is -0.479 e. The van der Waals surface area contributed by atoms with Crippen molar-refractivity contribution in [3.05, 3.63) is 47.7 Å². The monoisotopic (exact) mass is 639 g/mol. The molecule has 1 aromatic carbocycles. The molecule has 0 spiro atoms. The zero-order chi connectivity index (χ0) is 33.8. The molecule has 2 saturated heterocycles. The number of hydrogen-bond donors (Lipinski definition) is 5. The summed E-state index contributed by atoms with van der Waals surface area (Å²) >= 11 is 0. The number of hydrazine groups is 1. The van der Waals surface area contributed by atoms with Crippen molar-refractivity contribution >= 4 is 40.7 Å². The van der Waals surface area contributed by atoms with Gasteiger partial charge in [-0.3, -0.25) is 24.4 Å². The molecule has 13 heteroatoms. The van der Waals surface area contributed by atoms with Crippen molar-refractivity contribution in [3.8, 4) is 0 Å². The number of pyridine rings is 1. The molecule has 2 fully saturated rings. The molecule has 2 aliphatic rings. The normalized spacial score (nSPS) is 23.6. The van der Waals surface area contributed by atoms with Gasteiger partial charge in [0.25, 0.3) is 5.91 Å². The summed E-state index contributed by atoms with van der Waals surface area (Å²) in [6.45, 7) is 10.8. The molecule has 4 rings (SSSR count). The summed E-state index contributed by atoms with van der Waals surface area (Å²) in [5, 5.41) is 27.5. The lowest BCUT2D eigenvalue weighted by atomic mass is 9.99. The van der Waals surface area contributed by atoms with E-state index in [0.29, 0.717) is 30.6 Å². The molecule has 0 aliphatic carbocycles. The average molecular weight is 640 g/mol. The first-order chi connectivity index (χ1) is 21.6. The standard InChI is InChI=1S/C33H45N5O8/c1-19(2)27(39)29(41)35-21(4)30(42)38-15-7-8-25(37-38)28(40)34-20(3)24-12-11-23-10-9-22(16-26(23)36-24)13-14-33(31(43)44)18-45-32(5,6)17-46-33/h9-14,16,19-21,25,27,37,39H,7-8,15,17-18H2,1-6H3,(H,34,40)(H,35,41)(H,43,44)/b14-13+/t20?,21?,25-,27?,33?/m0/s1. The maximum atomic E-state index is 13.2. The van der Waals surface area contributed by atoms with Gasteiger partial charge in [0.05, 0.1) is 36.1 Å². The second-order valence-electron chi connectivity index (χ2n) is 13.0. The fraction of sp³-hybridized carbons (Fsp3) is 0.545. The summed E-state index contributed by atoms with van der Waals surface area (Å²) in [7, 11) is 0. The van der Waals surface area contributed by atoms with E-state index in [0.717, 1.165) is 10.9 Å². The number of fused-ring (bicyclic) bond motifs is 1. The van der Waals surface area contributed by atoms with E-state index in [4.69, 9.17) is 14.5 Å². The molecule has 4 unspecified atom stereocenters. The third-order valence-electron chi connectivity index (χ3n) is 8.20. The largest absolute Gasteiger partial charge is 0.479 e. The predicted molar refractivity (Wildman–Crippen MR) is 170 cm³/mol. The van der Waals surface area contributed by atoms with Crippen LogP contribution >= 0.6 is 0 Å². The lowest BCUT2D eigenvalue weighted by molar-refractivity contribution is -0.216. The smallest absolute Gasteiger partial charge is 0.342 e. The van der Waals surface area contributed by atoms with Crippen LogP contribution in [0.5, 0.6) is 0 Å². The fourth-order valence-electron chi connectivity index (χ4n) is 5.12. The molecular formula is C33H45N5O8. The van der Waals surface area contributed by atoms with E-state index >= 15 is 0 Å². The van der Waals surface area contributed by atoms with Gasteiger partial charge >= 0.3 is 5.97 Å². The number of carboxylic acid groups (broad SMARTS) is 1. The molecule has 5 atom stereocenters. The second-order valence-corrected chi connectivity index (χ2v) is 13.0. The number of carbonyl (C=O) groups is 4. The van der Waals surface area contributed by atoms with Crippen LogP contribution in [-0.2, 0) is 28.7 Å². The Kier molecular flexibility index (Phi) is 10.8. The Morgan fingerprint density at radius 3 is 2.43 bits per heavy atom. The number of aliphatic hydroxyl groups excluding tert-OH is 1. The first-order valence-corrected chi connectivity index (χ1v) is 15.6. The first kappa shape index (κ1) is 35.0.